The highest BCUT2D eigenvalue weighted by Gasteiger charge is 2.39. The third-order valence-corrected chi connectivity index (χ3v) is 5.28. The number of amides is 2. The van der Waals surface area contributed by atoms with Crippen LogP contribution in [-0.2, 0) is 25.7 Å². The summed E-state index contributed by atoms with van der Waals surface area (Å²) in [5, 5.41) is 2.78. The molecule has 1 saturated heterocycles. The van der Waals surface area contributed by atoms with Crippen molar-refractivity contribution in [1.82, 2.24) is 10.2 Å². The van der Waals surface area contributed by atoms with Crippen molar-refractivity contribution in [2.24, 2.45) is 17.6 Å². The number of rotatable bonds is 8. The second-order valence-electron chi connectivity index (χ2n) is 8.28. The van der Waals surface area contributed by atoms with Crippen LogP contribution in [0.2, 0.25) is 0 Å². The van der Waals surface area contributed by atoms with Crippen LogP contribution in [0.5, 0.6) is 0 Å². The molecule has 0 aromatic heterocycles. The van der Waals surface area contributed by atoms with Gasteiger partial charge in [0.25, 0.3) is 0 Å². The topological polar surface area (TPSA) is 102 Å². The number of hydrogen-bond donors (Lipinski definition) is 2. The molecule has 3 atom stereocenters. The van der Waals surface area contributed by atoms with Crippen LogP contribution in [0.4, 0.5) is 0 Å². The van der Waals surface area contributed by atoms with E-state index in [9.17, 15) is 14.4 Å². The van der Waals surface area contributed by atoms with E-state index >= 15 is 0 Å². The first-order valence-electron chi connectivity index (χ1n) is 10.3. The standard InChI is InChI=1S/C22H33N3O4.ClH/c1-14(2)18(23)20(26)24-19(15(3)4)21(27)25-12-8-11-17(25)22(28)29-13-16-9-6-5-7-10-16;/h5-7,9-10,14-15,17-19H,8,11-13,23H2,1-4H3,(H,24,26);1H. The number of ether oxygens (including phenoxy) is 1. The molecule has 168 valence electrons. The minimum atomic E-state index is -0.727. The number of nitrogens with one attached hydrogen (secondary N) is 1. The van der Waals surface area contributed by atoms with Crippen molar-refractivity contribution in [2.45, 2.75) is 65.3 Å². The van der Waals surface area contributed by atoms with Crippen molar-refractivity contribution in [3.63, 3.8) is 0 Å². The van der Waals surface area contributed by atoms with Gasteiger partial charge in [-0.2, -0.15) is 0 Å². The molecule has 0 aliphatic carbocycles. The van der Waals surface area contributed by atoms with Crippen molar-refractivity contribution >= 4 is 30.2 Å². The molecule has 0 saturated carbocycles. The van der Waals surface area contributed by atoms with E-state index in [4.69, 9.17) is 10.5 Å². The Kier molecular flexibility index (Phi) is 10.3. The first-order valence-corrected chi connectivity index (χ1v) is 10.3. The zero-order chi connectivity index (χ0) is 21.6. The van der Waals surface area contributed by atoms with Gasteiger partial charge in [0.1, 0.15) is 18.7 Å². The van der Waals surface area contributed by atoms with Gasteiger partial charge in [-0.05, 0) is 30.2 Å². The first-order chi connectivity index (χ1) is 13.7. The predicted octanol–water partition coefficient (Wildman–Crippen LogP) is 2.27. The Morgan fingerprint density at radius 1 is 1.13 bits per heavy atom. The van der Waals surface area contributed by atoms with E-state index in [1.54, 1.807) is 4.90 Å². The molecule has 3 N–H and O–H groups in total. The Labute approximate surface area is 185 Å². The summed E-state index contributed by atoms with van der Waals surface area (Å²) < 4.78 is 5.44. The minimum Gasteiger partial charge on any atom is -0.459 e. The number of benzene rings is 1. The fourth-order valence-electron chi connectivity index (χ4n) is 3.34. The molecule has 7 nitrogen and oxygen atoms in total. The van der Waals surface area contributed by atoms with Gasteiger partial charge in [0, 0.05) is 6.54 Å². The monoisotopic (exact) mass is 439 g/mol. The summed E-state index contributed by atoms with van der Waals surface area (Å²) in [6.07, 6.45) is 1.28. The van der Waals surface area contributed by atoms with E-state index in [0.717, 1.165) is 12.0 Å². The van der Waals surface area contributed by atoms with Gasteiger partial charge in [0.2, 0.25) is 11.8 Å². The fourth-order valence-corrected chi connectivity index (χ4v) is 3.34. The van der Waals surface area contributed by atoms with Crippen LogP contribution in [0, 0.1) is 11.8 Å². The fraction of sp³-hybridized carbons (Fsp3) is 0.591. The third kappa shape index (κ3) is 6.71. The predicted molar refractivity (Wildman–Crippen MR) is 118 cm³/mol. The Bertz CT molecular complexity index is 712. The van der Waals surface area contributed by atoms with Crippen LogP contribution in [0.1, 0.15) is 46.1 Å². The summed E-state index contributed by atoms with van der Waals surface area (Å²) in [5.74, 6) is -1.19. The average molecular weight is 440 g/mol. The van der Waals surface area contributed by atoms with E-state index in [-0.39, 0.29) is 42.7 Å². The van der Waals surface area contributed by atoms with Crippen molar-refractivity contribution < 1.29 is 19.1 Å². The summed E-state index contributed by atoms with van der Waals surface area (Å²) in [5.41, 5.74) is 6.82. The molecule has 1 heterocycles. The maximum atomic E-state index is 13.2. The highest BCUT2D eigenvalue weighted by Crippen LogP contribution is 2.22. The molecule has 30 heavy (non-hydrogen) atoms. The third-order valence-electron chi connectivity index (χ3n) is 5.28. The van der Waals surface area contributed by atoms with Crippen LogP contribution in [0.25, 0.3) is 0 Å². The van der Waals surface area contributed by atoms with Crippen LogP contribution in [0.3, 0.4) is 0 Å². The second kappa shape index (κ2) is 11.9. The summed E-state index contributed by atoms with van der Waals surface area (Å²) >= 11 is 0. The van der Waals surface area contributed by atoms with Gasteiger partial charge in [0.15, 0.2) is 0 Å². The number of carbonyl (C=O) groups excluding carboxylic acids is 3. The lowest BCUT2D eigenvalue weighted by Gasteiger charge is -2.31. The van der Waals surface area contributed by atoms with E-state index in [1.165, 1.54) is 0 Å². The smallest absolute Gasteiger partial charge is 0.329 e. The Hall–Kier alpha value is -2.12. The van der Waals surface area contributed by atoms with Crippen LogP contribution in [0.15, 0.2) is 30.3 Å². The maximum absolute atomic E-state index is 13.2. The van der Waals surface area contributed by atoms with E-state index in [2.05, 4.69) is 5.32 Å². The molecular weight excluding hydrogens is 406 g/mol. The molecule has 8 heteroatoms. The minimum absolute atomic E-state index is 0. The first kappa shape index (κ1) is 25.9. The molecule has 3 unspecified atom stereocenters. The zero-order valence-corrected chi connectivity index (χ0v) is 19.0. The number of hydrogen-bond acceptors (Lipinski definition) is 5. The van der Waals surface area contributed by atoms with Crippen LogP contribution in [-0.4, -0.2) is 47.4 Å². The highest BCUT2D eigenvalue weighted by molar-refractivity contribution is 5.92. The Morgan fingerprint density at radius 2 is 1.77 bits per heavy atom. The van der Waals surface area contributed by atoms with Crippen molar-refractivity contribution in [1.29, 1.82) is 0 Å². The molecule has 2 rings (SSSR count). The largest absolute Gasteiger partial charge is 0.459 e. The van der Waals surface area contributed by atoms with Crippen molar-refractivity contribution in [3.05, 3.63) is 35.9 Å². The van der Waals surface area contributed by atoms with Crippen LogP contribution >= 0.6 is 12.4 Å². The SMILES string of the molecule is CC(C)C(N)C(=O)NC(C(=O)N1CCCC1C(=O)OCc1ccccc1)C(C)C.Cl. The molecule has 1 aromatic rings. The van der Waals surface area contributed by atoms with Gasteiger partial charge in [-0.15, -0.1) is 12.4 Å². The van der Waals surface area contributed by atoms with E-state index in [1.807, 2.05) is 58.0 Å². The Morgan fingerprint density at radius 3 is 2.33 bits per heavy atom. The average Bonchev–Trinajstić information content (AvgIpc) is 3.19. The van der Waals surface area contributed by atoms with Crippen molar-refractivity contribution in [3.8, 4) is 0 Å². The van der Waals surface area contributed by atoms with Gasteiger partial charge in [-0.3, -0.25) is 9.59 Å². The van der Waals surface area contributed by atoms with Gasteiger partial charge in [-0.1, -0.05) is 58.0 Å². The van der Waals surface area contributed by atoms with Gasteiger partial charge >= 0.3 is 5.97 Å². The summed E-state index contributed by atoms with van der Waals surface area (Å²) in [6, 6.07) is 7.39. The van der Waals surface area contributed by atoms with Gasteiger partial charge < -0.3 is 20.7 Å². The lowest BCUT2D eigenvalue weighted by Crippen LogP contribution is -2.57. The lowest BCUT2D eigenvalue weighted by molar-refractivity contribution is -0.155. The number of nitrogens with zero attached hydrogens (tertiary/aromatic N) is 1. The molecule has 2 amide bonds. The number of carbonyl (C=O) groups is 3. The van der Waals surface area contributed by atoms with E-state index < -0.39 is 24.1 Å². The zero-order valence-electron chi connectivity index (χ0n) is 18.2. The molecule has 0 bridgehead atoms. The maximum Gasteiger partial charge on any atom is 0.329 e. The molecule has 1 aromatic carbocycles. The molecule has 0 radical (unpaired) electrons. The molecule has 1 fully saturated rings. The van der Waals surface area contributed by atoms with E-state index in [0.29, 0.717) is 13.0 Å². The Balaban J connectivity index is 0.00000450. The van der Waals surface area contributed by atoms with Crippen molar-refractivity contribution in [2.75, 3.05) is 6.54 Å². The second-order valence-corrected chi connectivity index (χ2v) is 8.28. The molecule has 1 aliphatic heterocycles. The normalized spacial score (nSPS) is 18.0. The molecular formula is C22H34ClN3O4. The molecule has 0 spiro atoms. The van der Waals surface area contributed by atoms with Gasteiger partial charge in [-0.25, -0.2) is 4.79 Å². The number of likely N-dealkylation sites (tertiary alicyclic amines) is 1. The number of nitrogens with two attached hydrogens (primary N) is 1. The summed E-state index contributed by atoms with van der Waals surface area (Å²) in [4.78, 5) is 39.7. The lowest BCUT2D eigenvalue weighted by atomic mass is 9.99. The van der Waals surface area contributed by atoms with Crippen LogP contribution < -0.4 is 11.1 Å². The summed E-state index contributed by atoms with van der Waals surface area (Å²) in [7, 11) is 0. The number of esters is 1. The molecule has 1 aliphatic rings. The highest BCUT2D eigenvalue weighted by atomic mass is 35.5. The quantitative estimate of drug-likeness (QED) is 0.605. The number of halogens is 1. The summed E-state index contributed by atoms with van der Waals surface area (Å²) in [6.45, 7) is 8.08. The van der Waals surface area contributed by atoms with Gasteiger partial charge in [0.05, 0.1) is 6.04 Å².